The average molecular weight is 411 g/mol. The third kappa shape index (κ3) is 4.32. The van der Waals surface area contributed by atoms with E-state index in [1.807, 2.05) is 17.0 Å². The van der Waals surface area contributed by atoms with Gasteiger partial charge in [-0.1, -0.05) is 17.7 Å². The van der Waals surface area contributed by atoms with E-state index in [4.69, 9.17) is 21.5 Å². The molecule has 0 unspecified atom stereocenters. The molecule has 8 nitrogen and oxygen atoms in total. The lowest BCUT2D eigenvalue weighted by Gasteiger charge is -2.35. The van der Waals surface area contributed by atoms with Crippen molar-refractivity contribution in [3.8, 4) is 5.75 Å². The molecule has 1 aliphatic heterocycles. The number of nitrogens with zero attached hydrogens (tertiary/aromatic N) is 3. The maximum atomic E-state index is 12.9. The van der Waals surface area contributed by atoms with Crippen LogP contribution in [0.15, 0.2) is 41.3 Å². The minimum Gasteiger partial charge on any atom is -0.496 e. The predicted octanol–water partition coefficient (Wildman–Crippen LogP) is 1.35. The van der Waals surface area contributed by atoms with Crippen LogP contribution >= 0.6 is 11.6 Å². The molecule has 1 aromatic carbocycles. The number of pyridine rings is 1. The largest absolute Gasteiger partial charge is 0.496 e. The van der Waals surface area contributed by atoms with Crippen LogP contribution in [0.2, 0.25) is 5.15 Å². The molecule has 0 saturated carbocycles. The van der Waals surface area contributed by atoms with Crippen molar-refractivity contribution in [2.24, 2.45) is 5.14 Å². The summed E-state index contributed by atoms with van der Waals surface area (Å²) in [6.07, 6.45) is 0. The van der Waals surface area contributed by atoms with E-state index in [1.54, 1.807) is 11.0 Å². The number of carbonyl (C=O) groups is 1. The number of piperazine rings is 1. The first-order valence-corrected chi connectivity index (χ1v) is 10.1. The van der Waals surface area contributed by atoms with Gasteiger partial charge in [-0.2, -0.15) is 0 Å². The molecule has 3 rings (SSSR count). The van der Waals surface area contributed by atoms with Crippen molar-refractivity contribution in [3.63, 3.8) is 0 Å². The highest BCUT2D eigenvalue weighted by Gasteiger charge is 2.26. The van der Waals surface area contributed by atoms with Gasteiger partial charge < -0.3 is 14.5 Å². The van der Waals surface area contributed by atoms with Gasteiger partial charge in [0.25, 0.3) is 5.91 Å². The van der Waals surface area contributed by atoms with Crippen molar-refractivity contribution in [3.05, 3.63) is 47.1 Å². The molecule has 0 radical (unpaired) electrons. The van der Waals surface area contributed by atoms with Gasteiger partial charge in [-0.3, -0.25) is 4.79 Å². The van der Waals surface area contributed by atoms with Crippen molar-refractivity contribution in [2.75, 3.05) is 38.2 Å². The summed E-state index contributed by atoms with van der Waals surface area (Å²) >= 11 is 5.93. The van der Waals surface area contributed by atoms with Crippen LogP contribution in [0, 0.1) is 0 Å². The van der Waals surface area contributed by atoms with Crippen LogP contribution in [0.5, 0.6) is 5.75 Å². The lowest BCUT2D eigenvalue weighted by Crippen LogP contribution is -2.49. The number of nitrogens with two attached hydrogens (primary N) is 1. The highest BCUT2D eigenvalue weighted by molar-refractivity contribution is 7.89. The molecule has 10 heteroatoms. The Bertz CT molecular complexity index is 959. The van der Waals surface area contributed by atoms with Crippen LogP contribution in [0.4, 0.5) is 5.82 Å². The summed E-state index contributed by atoms with van der Waals surface area (Å²) in [7, 11) is -2.50. The quantitative estimate of drug-likeness (QED) is 0.763. The van der Waals surface area contributed by atoms with E-state index < -0.39 is 10.0 Å². The first kappa shape index (κ1) is 19.4. The number of hydrogen-bond donors (Lipinski definition) is 1. The maximum absolute atomic E-state index is 12.9. The van der Waals surface area contributed by atoms with Crippen LogP contribution in [0.25, 0.3) is 0 Å². The van der Waals surface area contributed by atoms with Gasteiger partial charge >= 0.3 is 0 Å². The minimum atomic E-state index is -3.92. The molecule has 0 atom stereocenters. The highest BCUT2D eigenvalue weighted by Crippen LogP contribution is 2.24. The third-order valence-corrected chi connectivity index (χ3v) is 5.44. The molecule has 2 aromatic rings. The van der Waals surface area contributed by atoms with Gasteiger partial charge in [-0.15, -0.1) is 0 Å². The molecule has 1 saturated heterocycles. The fourth-order valence-electron chi connectivity index (χ4n) is 2.91. The van der Waals surface area contributed by atoms with Crippen LogP contribution in [0.3, 0.4) is 0 Å². The monoisotopic (exact) mass is 410 g/mol. The minimum absolute atomic E-state index is 0.131. The van der Waals surface area contributed by atoms with E-state index in [-0.39, 0.29) is 16.4 Å². The summed E-state index contributed by atoms with van der Waals surface area (Å²) in [6, 6.07) is 9.39. The van der Waals surface area contributed by atoms with Crippen LogP contribution in [-0.4, -0.2) is 57.5 Å². The second-order valence-electron chi connectivity index (χ2n) is 6.00. The number of anilines is 1. The van der Waals surface area contributed by atoms with Crippen molar-refractivity contribution in [2.45, 2.75) is 4.90 Å². The molecule has 1 aliphatic rings. The number of benzene rings is 1. The van der Waals surface area contributed by atoms with E-state index in [1.165, 1.54) is 25.3 Å². The lowest BCUT2D eigenvalue weighted by molar-refractivity contribution is 0.0743. The van der Waals surface area contributed by atoms with Crippen LogP contribution < -0.4 is 14.8 Å². The van der Waals surface area contributed by atoms with Gasteiger partial charge in [-0.05, 0) is 30.3 Å². The SMILES string of the molecule is COc1ccc(S(N)(=O)=O)cc1C(=O)N1CCN(c2cccc(Cl)n2)CC1. The van der Waals surface area contributed by atoms with E-state index in [2.05, 4.69) is 4.98 Å². The number of halogens is 1. The molecule has 1 aromatic heterocycles. The number of hydrogen-bond acceptors (Lipinski definition) is 6. The van der Waals surface area contributed by atoms with Gasteiger partial charge in [0, 0.05) is 26.2 Å². The molecule has 0 aliphatic carbocycles. The molecule has 27 heavy (non-hydrogen) atoms. The maximum Gasteiger partial charge on any atom is 0.257 e. The predicted molar refractivity (Wildman–Crippen MR) is 102 cm³/mol. The first-order valence-electron chi connectivity index (χ1n) is 8.17. The number of methoxy groups -OCH3 is 1. The molecule has 1 fully saturated rings. The Morgan fingerprint density at radius 1 is 1.19 bits per heavy atom. The zero-order chi connectivity index (χ0) is 19.6. The topological polar surface area (TPSA) is 106 Å². The van der Waals surface area contributed by atoms with E-state index in [9.17, 15) is 13.2 Å². The number of rotatable bonds is 4. The summed E-state index contributed by atoms with van der Waals surface area (Å²) in [5.74, 6) is 0.741. The summed E-state index contributed by atoms with van der Waals surface area (Å²) < 4.78 is 28.4. The molecule has 2 heterocycles. The third-order valence-electron chi connectivity index (χ3n) is 4.32. The Kier molecular flexibility index (Phi) is 5.54. The average Bonchev–Trinajstić information content (AvgIpc) is 2.66. The van der Waals surface area contributed by atoms with Crippen molar-refractivity contribution < 1.29 is 17.9 Å². The normalized spacial score (nSPS) is 14.9. The van der Waals surface area contributed by atoms with Gasteiger partial charge in [0.1, 0.15) is 16.7 Å². The van der Waals surface area contributed by atoms with Gasteiger partial charge in [0.05, 0.1) is 17.6 Å². The smallest absolute Gasteiger partial charge is 0.257 e. The van der Waals surface area contributed by atoms with E-state index >= 15 is 0 Å². The van der Waals surface area contributed by atoms with E-state index in [0.29, 0.717) is 37.1 Å². The molecule has 0 spiro atoms. The zero-order valence-electron chi connectivity index (χ0n) is 14.6. The fraction of sp³-hybridized carbons (Fsp3) is 0.294. The van der Waals surface area contributed by atoms with Gasteiger partial charge in [0.15, 0.2) is 0 Å². The first-order chi connectivity index (χ1) is 12.8. The highest BCUT2D eigenvalue weighted by atomic mass is 35.5. The van der Waals surface area contributed by atoms with Crippen molar-refractivity contribution in [1.29, 1.82) is 0 Å². The molecular formula is C17H19ClN4O4S. The Morgan fingerprint density at radius 2 is 1.89 bits per heavy atom. The molecule has 0 bridgehead atoms. The molecule has 2 N–H and O–H groups in total. The molecule has 144 valence electrons. The summed E-state index contributed by atoms with van der Waals surface area (Å²) in [6.45, 7) is 2.07. The lowest BCUT2D eigenvalue weighted by atomic mass is 10.1. The number of primary sulfonamides is 1. The Morgan fingerprint density at radius 3 is 2.48 bits per heavy atom. The fourth-order valence-corrected chi connectivity index (χ4v) is 3.61. The van der Waals surface area contributed by atoms with Gasteiger partial charge in [-0.25, -0.2) is 18.5 Å². The Labute approximate surface area is 162 Å². The van der Waals surface area contributed by atoms with Crippen LogP contribution in [0.1, 0.15) is 10.4 Å². The number of amides is 1. The van der Waals surface area contributed by atoms with Crippen molar-refractivity contribution in [1.82, 2.24) is 9.88 Å². The Hall–Kier alpha value is -2.36. The second-order valence-corrected chi connectivity index (χ2v) is 7.95. The van der Waals surface area contributed by atoms with Gasteiger partial charge in [0.2, 0.25) is 10.0 Å². The second kappa shape index (κ2) is 7.71. The number of aromatic nitrogens is 1. The zero-order valence-corrected chi connectivity index (χ0v) is 16.2. The Balaban J connectivity index is 1.78. The molecule has 1 amide bonds. The molecular weight excluding hydrogens is 392 g/mol. The summed E-state index contributed by atoms with van der Waals surface area (Å²) in [5.41, 5.74) is 0.165. The van der Waals surface area contributed by atoms with E-state index in [0.717, 1.165) is 5.82 Å². The summed E-state index contributed by atoms with van der Waals surface area (Å²) in [4.78, 5) is 20.7. The number of ether oxygens (including phenoxy) is 1. The summed E-state index contributed by atoms with van der Waals surface area (Å²) in [5, 5.41) is 5.59. The number of carbonyl (C=O) groups excluding carboxylic acids is 1. The van der Waals surface area contributed by atoms with Crippen LogP contribution in [-0.2, 0) is 10.0 Å². The number of sulfonamides is 1. The van der Waals surface area contributed by atoms with Crippen molar-refractivity contribution >= 4 is 33.3 Å². The standard InChI is InChI=1S/C17H19ClN4O4S/c1-26-14-6-5-12(27(19,24)25)11-13(14)17(23)22-9-7-21(8-10-22)16-4-2-3-15(18)20-16/h2-6,11H,7-10H2,1H3,(H2,19,24,25).